The number of nitrogens with one attached hydrogen (secondary N) is 1. The zero-order chi connectivity index (χ0) is 12.7. The molecule has 0 aliphatic rings. The summed E-state index contributed by atoms with van der Waals surface area (Å²) >= 11 is 1.77. The third-order valence-electron chi connectivity index (χ3n) is 2.28. The summed E-state index contributed by atoms with van der Waals surface area (Å²) in [6.07, 6.45) is 3.01. The normalized spacial score (nSPS) is 10.0. The molecule has 1 aromatic carbocycles. The summed E-state index contributed by atoms with van der Waals surface area (Å²) in [7, 11) is 1.53. The molecule has 0 atom stereocenters. The maximum absolute atomic E-state index is 11.9. The molecule has 0 unspecified atom stereocenters. The van der Waals surface area contributed by atoms with Crippen molar-refractivity contribution in [3.63, 3.8) is 0 Å². The Morgan fingerprint density at radius 1 is 1.53 bits per heavy atom. The maximum Gasteiger partial charge on any atom is 0.255 e. The highest BCUT2D eigenvalue weighted by Crippen LogP contribution is 2.21. The predicted octanol–water partition coefficient (Wildman–Crippen LogP) is 1.76. The highest BCUT2D eigenvalue weighted by molar-refractivity contribution is 7.98. The molecule has 5 heteroatoms. The van der Waals surface area contributed by atoms with Gasteiger partial charge >= 0.3 is 0 Å². The van der Waals surface area contributed by atoms with Gasteiger partial charge in [-0.25, -0.2) is 0 Å². The number of thioether (sulfide) groups is 1. The first-order valence-electron chi connectivity index (χ1n) is 5.39. The fourth-order valence-electron chi connectivity index (χ4n) is 1.41. The minimum atomic E-state index is -0.122. The van der Waals surface area contributed by atoms with E-state index in [0.717, 1.165) is 12.2 Å². The van der Waals surface area contributed by atoms with Gasteiger partial charge in [0.25, 0.3) is 5.91 Å². The number of nitrogens with two attached hydrogens (primary N) is 1. The Hall–Kier alpha value is -1.36. The zero-order valence-corrected chi connectivity index (χ0v) is 11.0. The number of hydrogen-bond donors (Lipinski definition) is 2. The Balaban J connectivity index is 2.62. The van der Waals surface area contributed by atoms with Gasteiger partial charge < -0.3 is 15.8 Å². The van der Waals surface area contributed by atoms with Crippen LogP contribution in [0, 0.1) is 0 Å². The third-order valence-corrected chi connectivity index (χ3v) is 2.98. The standard InChI is InChI=1S/C12H18N2O2S/c1-16-11-8-9(13)4-5-10(11)12(15)14-6-3-7-17-2/h4-5,8H,3,6-7,13H2,1-2H3,(H,14,15). The van der Waals surface area contributed by atoms with E-state index in [-0.39, 0.29) is 5.91 Å². The number of anilines is 1. The number of benzene rings is 1. The largest absolute Gasteiger partial charge is 0.496 e. The van der Waals surface area contributed by atoms with Gasteiger partial charge in [-0.15, -0.1) is 0 Å². The summed E-state index contributed by atoms with van der Waals surface area (Å²) in [6, 6.07) is 5.02. The summed E-state index contributed by atoms with van der Waals surface area (Å²) < 4.78 is 5.13. The fourth-order valence-corrected chi connectivity index (χ4v) is 1.84. The Bertz CT molecular complexity index is 383. The van der Waals surface area contributed by atoms with Gasteiger partial charge in [0.05, 0.1) is 12.7 Å². The molecule has 0 aromatic heterocycles. The van der Waals surface area contributed by atoms with Crippen molar-refractivity contribution in [2.75, 3.05) is 31.4 Å². The Morgan fingerprint density at radius 3 is 2.94 bits per heavy atom. The molecule has 17 heavy (non-hydrogen) atoms. The van der Waals surface area contributed by atoms with Gasteiger partial charge in [-0.3, -0.25) is 4.79 Å². The van der Waals surface area contributed by atoms with Crippen molar-refractivity contribution < 1.29 is 9.53 Å². The molecule has 1 aromatic rings. The van der Waals surface area contributed by atoms with Crippen LogP contribution in [0.3, 0.4) is 0 Å². The zero-order valence-electron chi connectivity index (χ0n) is 10.2. The molecular formula is C12H18N2O2S. The lowest BCUT2D eigenvalue weighted by Gasteiger charge is -2.09. The van der Waals surface area contributed by atoms with Crippen molar-refractivity contribution in [2.24, 2.45) is 0 Å². The van der Waals surface area contributed by atoms with E-state index in [1.54, 1.807) is 30.0 Å². The predicted molar refractivity (Wildman–Crippen MR) is 72.7 cm³/mol. The Labute approximate surface area is 106 Å². The smallest absolute Gasteiger partial charge is 0.255 e. The average molecular weight is 254 g/mol. The molecule has 0 aliphatic heterocycles. The van der Waals surface area contributed by atoms with Crippen molar-refractivity contribution in [1.29, 1.82) is 0 Å². The van der Waals surface area contributed by atoms with Crippen molar-refractivity contribution in [1.82, 2.24) is 5.32 Å². The van der Waals surface area contributed by atoms with Gasteiger partial charge in [-0.2, -0.15) is 11.8 Å². The van der Waals surface area contributed by atoms with Crippen LogP contribution in [0.4, 0.5) is 5.69 Å². The molecule has 0 saturated heterocycles. The monoisotopic (exact) mass is 254 g/mol. The topological polar surface area (TPSA) is 64.3 Å². The van der Waals surface area contributed by atoms with Gasteiger partial charge in [-0.1, -0.05) is 0 Å². The summed E-state index contributed by atoms with van der Waals surface area (Å²) in [4.78, 5) is 11.9. The van der Waals surface area contributed by atoms with Crippen LogP contribution in [0.25, 0.3) is 0 Å². The van der Waals surface area contributed by atoms with Crippen LogP contribution in [0.2, 0.25) is 0 Å². The second-order valence-corrected chi connectivity index (χ2v) is 4.55. The van der Waals surface area contributed by atoms with E-state index in [2.05, 4.69) is 5.32 Å². The molecular weight excluding hydrogens is 236 g/mol. The number of carbonyl (C=O) groups excluding carboxylic acids is 1. The van der Waals surface area contributed by atoms with Crippen LogP contribution in [0.15, 0.2) is 18.2 Å². The third kappa shape index (κ3) is 4.19. The fraction of sp³-hybridized carbons (Fsp3) is 0.417. The van der Waals surface area contributed by atoms with Crippen molar-refractivity contribution >= 4 is 23.4 Å². The number of carbonyl (C=O) groups is 1. The van der Waals surface area contributed by atoms with Crippen molar-refractivity contribution in [3.8, 4) is 5.75 Å². The van der Waals surface area contributed by atoms with E-state index < -0.39 is 0 Å². The molecule has 4 nitrogen and oxygen atoms in total. The lowest BCUT2D eigenvalue weighted by atomic mass is 10.1. The van der Waals surface area contributed by atoms with Crippen LogP contribution < -0.4 is 15.8 Å². The average Bonchev–Trinajstić information content (AvgIpc) is 2.34. The molecule has 0 aliphatic carbocycles. The molecule has 1 amide bonds. The van der Waals surface area contributed by atoms with Gasteiger partial charge in [0.1, 0.15) is 5.75 Å². The van der Waals surface area contributed by atoms with E-state index in [4.69, 9.17) is 10.5 Å². The number of hydrogen-bond acceptors (Lipinski definition) is 4. The Morgan fingerprint density at radius 2 is 2.29 bits per heavy atom. The summed E-state index contributed by atoms with van der Waals surface area (Å²) in [5.74, 6) is 1.43. The second kappa shape index (κ2) is 7.06. The van der Waals surface area contributed by atoms with E-state index in [9.17, 15) is 4.79 Å². The molecule has 0 spiro atoms. The number of rotatable bonds is 6. The lowest BCUT2D eigenvalue weighted by molar-refractivity contribution is 0.0951. The summed E-state index contributed by atoms with van der Waals surface area (Å²) in [5, 5.41) is 2.85. The first kappa shape index (κ1) is 13.7. The molecule has 0 radical (unpaired) electrons. The van der Waals surface area contributed by atoms with Crippen LogP contribution in [-0.2, 0) is 0 Å². The SMILES string of the molecule is COc1cc(N)ccc1C(=O)NCCCSC. The quantitative estimate of drug-likeness (QED) is 0.600. The van der Waals surface area contributed by atoms with Crippen molar-refractivity contribution in [3.05, 3.63) is 23.8 Å². The minimum absolute atomic E-state index is 0.122. The van der Waals surface area contributed by atoms with Crippen LogP contribution in [-0.4, -0.2) is 31.6 Å². The van der Waals surface area contributed by atoms with Gasteiger partial charge in [0, 0.05) is 18.3 Å². The molecule has 94 valence electrons. The van der Waals surface area contributed by atoms with E-state index in [1.807, 2.05) is 6.26 Å². The van der Waals surface area contributed by atoms with E-state index >= 15 is 0 Å². The second-order valence-electron chi connectivity index (χ2n) is 3.56. The van der Waals surface area contributed by atoms with Crippen LogP contribution in [0.1, 0.15) is 16.8 Å². The minimum Gasteiger partial charge on any atom is -0.496 e. The first-order valence-corrected chi connectivity index (χ1v) is 6.79. The molecule has 3 N–H and O–H groups in total. The number of ether oxygens (including phenoxy) is 1. The molecule has 0 fully saturated rings. The van der Waals surface area contributed by atoms with Crippen molar-refractivity contribution in [2.45, 2.75) is 6.42 Å². The van der Waals surface area contributed by atoms with Crippen LogP contribution >= 0.6 is 11.8 Å². The Kier molecular flexibility index (Phi) is 5.69. The number of amides is 1. The van der Waals surface area contributed by atoms with E-state index in [0.29, 0.717) is 23.5 Å². The summed E-state index contributed by atoms with van der Waals surface area (Å²) in [6.45, 7) is 0.674. The molecule has 1 rings (SSSR count). The first-order chi connectivity index (χ1) is 8.19. The van der Waals surface area contributed by atoms with Gasteiger partial charge in [-0.05, 0) is 30.6 Å². The molecule has 0 heterocycles. The highest BCUT2D eigenvalue weighted by atomic mass is 32.2. The number of methoxy groups -OCH3 is 1. The summed E-state index contributed by atoms with van der Waals surface area (Å²) in [5.41, 5.74) is 6.73. The van der Waals surface area contributed by atoms with Gasteiger partial charge in [0.2, 0.25) is 0 Å². The van der Waals surface area contributed by atoms with Gasteiger partial charge in [0.15, 0.2) is 0 Å². The lowest BCUT2D eigenvalue weighted by Crippen LogP contribution is -2.25. The van der Waals surface area contributed by atoms with E-state index in [1.165, 1.54) is 7.11 Å². The maximum atomic E-state index is 11.9. The molecule has 0 saturated carbocycles. The molecule has 0 bridgehead atoms. The highest BCUT2D eigenvalue weighted by Gasteiger charge is 2.11. The number of nitrogen functional groups attached to an aromatic ring is 1. The van der Waals surface area contributed by atoms with Crippen LogP contribution in [0.5, 0.6) is 5.75 Å².